The molecule has 92 valence electrons. The fourth-order valence-electron chi connectivity index (χ4n) is 2.32. The maximum atomic E-state index is 12.2. The lowest BCUT2D eigenvalue weighted by Crippen LogP contribution is -2.28. The molecule has 0 radical (unpaired) electrons. The van der Waals surface area contributed by atoms with Gasteiger partial charge in [-0.15, -0.1) is 0 Å². The van der Waals surface area contributed by atoms with Gasteiger partial charge in [0.1, 0.15) is 5.25 Å². The topological polar surface area (TPSA) is 34.1 Å². The summed E-state index contributed by atoms with van der Waals surface area (Å²) in [6.45, 7) is 6.61. The van der Waals surface area contributed by atoms with E-state index in [9.17, 15) is 8.42 Å². The molecule has 0 spiro atoms. The van der Waals surface area contributed by atoms with Gasteiger partial charge >= 0.3 is 0 Å². The summed E-state index contributed by atoms with van der Waals surface area (Å²) in [5.41, 5.74) is 0.915. The maximum absolute atomic E-state index is 12.2. The van der Waals surface area contributed by atoms with Gasteiger partial charge in [0.15, 0.2) is 9.84 Å². The van der Waals surface area contributed by atoms with Crippen LogP contribution in [0.15, 0.2) is 41.6 Å². The molecule has 0 bridgehead atoms. The van der Waals surface area contributed by atoms with Crippen molar-refractivity contribution in [2.24, 2.45) is 0 Å². The van der Waals surface area contributed by atoms with Crippen LogP contribution < -0.4 is 0 Å². The first-order valence-corrected chi connectivity index (χ1v) is 11.0. The van der Waals surface area contributed by atoms with Crippen LogP contribution in [0.4, 0.5) is 0 Å². The van der Waals surface area contributed by atoms with E-state index < -0.39 is 23.2 Å². The number of benzene rings is 1. The maximum Gasteiger partial charge on any atom is 0.164 e. The molecule has 1 aliphatic rings. The van der Waals surface area contributed by atoms with Crippen molar-refractivity contribution in [1.29, 1.82) is 0 Å². The fourth-order valence-corrected chi connectivity index (χ4v) is 7.39. The minimum atomic E-state index is -3.03. The van der Waals surface area contributed by atoms with Crippen molar-refractivity contribution < 1.29 is 8.42 Å². The Morgan fingerprint density at radius 3 is 2.24 bits per heavy atom. The highest BCUT2D eigenvalue weighted by Crippen LogP contribution is 2.40. The summed E-state index contributed by atoms with van der Waals surface area (Å²) >= 11 is 0. The van der Waals surface area contributed by atoms with Crippen LogP contribution in [0.2, 0.25) is 19.6 Å². The minimum Gasteiger partial charge on any atom is -0.228 e. The number of hydrogen-bond acceptors (Lipinski definition) is 2. The number of hydrogen-bond donors (Lipinski definition) is 0. The smallest absolute Gasteiger partial charge is 0.164 e. The highest BCUT2D eigenvalue weighted by Gasteiger charge is 2.40. The van der Waals surface area contributed by atoms with Crippen LogP contribution in [0.5, 0.6) is 0 Å². The minimum absolute atomic E-state index is 0.201. The molecule has 1 heterocycles. The van der Waals surface area contributed by atoms with E-state index in [4.69, 9.17) is 0 Å². The van der Waals surface area contributed by atoms with Crippen molar-refractivity contribution >= 4 is 17.9 Å². The Morgan fingerprint density at radius 2 is 1.71 bits per heavy atom. The summed E-state index contributed by atoms with van der Waals surface area (Å²) in [5, 5.41) is 0.763. The van der Waals surface area contributed by atoms with Gasteiger partial charge in [-0.1, -0.05) is 61.2 Å². The van der Waals surface area contributed by atoms with Crippen LogP contribution in [0.1, 0.15) is 10.8 Å². The van der Waals surface area contributed by atoms with Gasteiger partial charge in [0, 0.05) is 0 Å². The van der Waals surface area contributed by atoms with Crippen LogP contribution in [-0.2, 0) is 9.84 Å². The molecule has 0 aromatic heterocycles. The lowest BCUT2D eigenvalue weighted by atomic mass is 10.1. The average molecular weight is 266 g/mol. The van der Waals surface area contributed by atoms with Gasteiger partial charge < -0.3 is 0 Å². The van der Waals surface area contributed by atoms with Crippen molar-refractivity contribution in [3.05, 3.63) is 47.2 Å². The van der Waals surface area contributed by atoms with Crippen LogP contribution in [0, 0.1) is 0 Å². The molecule has 1 atom stereocenters. The van der Waals surface area contributed by atoms with Crippen molar-refractivity contribution in [2.45, 2.75) is 24.9 Å². The summed E-state index contributed by atoms with van der Waals surface area (Å²) in [6.07, 6.45) is 1.94. The molecule has 1 aromatic carbocycles. The zero-order valence-electron chi connectivity index (χ0n) is 10.5. The molecule has 0 amide bonds. The predicted molar refractivity (Wildman–Crippen MR) is 74.4 cm³/mol. The zero-order chi connectivity index (χ0) is 12.7. The Kier molecular flexibility index (Phi) is 3.04. The fraction of sp³-hybridized carbons (Fsp3) is 0.385. The monoisotopic (exact) mass is 266 g/mol. The van der Waals surface area contributed by atoms with Crippen LogP contribution in [-0.4, -0.2) is 22.2 Å². The van der Waals surface area contributed by atoms with E-state index in [1.807, 2.05) is 36.4 Å². The predicted octanol–water partition coefficient (Wildman–Crippen LogP) is 2.96. The largest absolute Gasteiger partial charge is 0.228 e. The van der Waals surface area contributed by atoms with E-state index in [2.05, 4.69) is 19.6 Å². The third-order valence-corrected chi connectivity index (χ3v) is 7.46. The Balaban J connectivity index is 2.52. The molecular formula is C13H18O2SSi. The molecule has 1 unspecified atom stereocenters. The molecule has 1 aromatic rings. The van der Waals surface area contributed by atoms with Gasteiger partial charge in [-0.25, -0.2) is 8.42 Å². The van der Waals surface area contributed by atoms with Gasteiger partial charge in [-0.2, -0.15) is 0 Å². The molecule has 0 N–H and O–H groups in total. The highest BCUT2D eigenvalue weighted by molar-refractivity contribution is 7.92. The van der Waals surface area contributed by atoms with Crippen LogP contribution >= 0.6 is 0 Å². The standard InChI is InChI=1S/C13H18O2SSi/c1-17(2,3)12-9-10-16(14,15)13(12)11-7-5-4-6-8-11/h4-9,13H,10H2,1-3H3. The molecule has 0 saturated heterocycles. The normalized spacial score (nSPS) is 23.5. The van der Waals surface area contributed by atoms with Gasteiger partial charge in [-0.3, -0.25) is 0 Å². The molecule has 4 heteroatoms. The molecule has 1 aliphatic heterocycles. The summed E-state index contributed by atoms with van der Waals surface area (Å²) in [6, 6.07) is 9.57. The van der Waals surface area contributed by atoms with E-state index >= 15 is 0 Å². The average Bonchev–Trinajstić information content (AvgIpc) is 2.55. The first-order valence-electron chi connectivity index (χ1n) is 5.79. The third kappa shape index (κ3) is 2.38. The van der Waals surface area contributed by atoms with E-state index in [-0.39, 0.29) is 5.75 Å². The lowest BCUT2D eigenvalue weighted by molar-refractivity contribution is 0.595. The van der Waals surface area contributed by atoms with E-state index in [0.717, 1.165) is 10.8 Å². The second kappa shape index (κ2) is 4.10. The first kappa shape index (κ1) is 12.6. The van der Waals surface area contributed by atoms with E-state index in [0.29, 0.717) is 0 Å². The van der Waals surface area contributed by atoms with Gasteiger partial charge in [-0.05, 0) is 5.56 Å². The Bertz CT molecular complexity index is 539. The summed E-state index contributed by atoms with van der Waals surface area (Å²) in [7, 11) is -4.61. The zero-order valence-corrected chi connectivity index (χ0v) is 12.3. The summed E-state index contributed by atoms with van der Waals surface area (Å²) < 4.78 is 24.4. The van der Waals surface area contributed by atoms with Crippen molar-refractivity contribution in [3.8, 4) is 0 Å². The lowest BCUT2D eigenvalue weighted by Gasteiger charge is -2.24. The molecule has 0 saturated carbocycles. The quantitative estimate of drug-likeness (QED) is 0.771. The van der Waals surface area contributed by atoms with Crippen molar-refractivity contribution in [3.63, 3.8) is 0 Å². The molecular weight excluding hydrogens is 248 g/mol. The Labute approximate surface area is 104 Å². The molecule has 2 rings (SSSR count). The molecule has 0 aliphatic carbocycles. The first-order chi connectivity index (χ1) is 7.82. The number of sulfone groups is 1. The van der Waals surface area contributed by atoms with Gasteiger partial charge in [0.2, 0.25) is 0 Å². The van der Waals surface area contributed by atoms with E-state index in [1.54, 1.807) is 0 Å². The number of rotatable bonds is 2. The van der Waals surface area contributed by atoms with Crippen LogP contribution in [0.3, 0.4) is 0 Å². The van der Waals surface area contributed by atoms with Crippen LogP contribution in [0.25, 0.3) is 0 Å². The summed E-state index contributed by atoms with van der Waals surface area (Å²) in [5.74, 6) is 0.201. The Hall–Kier alpha value is -0.873. The third-order valence-electron chi connectivity index (χ3n) is 3.15. The van der Waals surface area contributed by atoms with Gasteiger partial charge in [0.25, 0.3) is 0 Å². The van der Waals surface area contributed by atoms with Gasteiger partial charge in [0.05, 0.1) is 13.8 Å². The second-order valence-electron chi connectivity index (χ2n) is 5.53. The van der Waals surface area contributed by atoms with E-state index in [1.165, 1.54) is 0 Å². The molecule has 2 nitrogen and oxygen atoms in total. The Morgan fingerprint density at radius 1 is 1.12 bits per heavy atom. The summed E-state index contributed by atoms with van der Waals surface area (Å²) in [4.78, 5) is 0. The molecule has 0 fully saturated rings. The molecule has 17 heavy (non-hydrogen) atoms. The van der Waals surface area contributed by atoms with Crippen molar-refractivity contribution in [1.82, 2.24) is 0 Å². The highest BCUT2D eigenvalue weighted by atomic mass is 32.2. The van der Waals surface area contributed by atoms with Crippen molar-refractivity contribution in [2.75, 3.05) is 5.75 Å². The second-order valence-corrected chi connectivity index (χ2v) is 12.7. The SMILES string of the molecule is C[Si](C)(C)C1=CCS(=O)(=O)C1c1ccccc1.